The number of carbonyl (C=O) groups is 1. The molecule has 0 spiro atoms. The predicted molar refractivity (Wildman–Crippen MR) is 72.7 cm³/mol. The highest BCUT2D eigenvalue weighted by Crippen LogP contribution is 2.18. The molecule has 88 valence electrons. The largest absolute Gasteiger partial charge is 0.398 e. The van der Waals surface area contributed by atoms with E-state index in [0.717, 1.165) is 5.56 Å². The van der Waals surface area contributed by atoms with Crippen LogP contribution in [0.25, 0.3) is 0 Å². The fraction of sp³-hybridized carbons (Fsp3) is 0.0714. The maximum absolute atomic E-state index is 12.2. The van der Waals surface area contributed by atoms with Gasteiger partial charge in [-0.05, 0) is 18.6 Å². The minimum Gasteiger partial charge on any atom is -0.398 e. The van der Waals surface area contributed by atoms with E-state index in [0.29, 0.717) is 16.8 Å². The lowest BCUT2D eigenvalue weighted by Crippen LogP contribution is -2.05. The summed E-state index contributed by atoms with van der Waals surface area (Å²) in [5.41, 5.74) is 8.65. The van der Waals surface area contributed by atoms with E-state index in [1.54, 1.807) is 18.2 Å². The van der Waals surface area contributed by atoms with Gasteiger partial charge in [-0.25, -0.2) is 0 Å². The van der Waals surface area contributed by atoms with Crippen LogP contribution in [0.1, 0.15) is 21.5 Å². The maximum Gasteiger partial charge on any atom is 0.193 e. The Morgan fingerprint density at radius 2 is 1.65 bits per heavy atom. The van der Waals surface area contributed by atoms with Gasteiger partial charge in [0.25, 0.3) is 0 Å². The first-order valence-electron chi connectivity index (χ1n) is 5.15. The molecule has 17 heavy (non-hydrogen) atoms. The van der Waals surface area contributed by atoms with Crippen LogP contribution in [0.15, 0.2) is 48.5 Å². The number of hydrogen-bond acceptors (Lipinski definition) is 2. The highest BCUT2D eigenvalue weighted by Gasteiger charge is 2.11. The Kier molecular flexibility index (Phi) is 4.30. The molecule has 0 fully saturated rings. The molecule has 0 saturated heterocycles. The van der Waals surface area contributed by atoms with Crippen molar-refractivity contribution >= 4 is 23.9 Å². The molecule has 0 unspecified atom stereocenters. The van der Waals surface area contributed by atoms with E-state index in [4.69, 9.17) is 5.73 Å². The molecule has 0 atom stereocenters. The first kappa shape index (κ1) is 13.3. The maximum atomic E-state index is 12.2. The number of anilines is 1. The highest BCUT2D eigenvalue weighted by molar-refractivity contribution is 6.10. The molecular weight excluding hydrogens is 234 g/mol. The summed E-state index contributed by atoms with van der Waals surface area (Å²) in [7, 11) is 0. The van der Waals surface area contributed by atoms with Gasteiger partial charge in [0.15, 0.2) is 5.78 Å². The number of benzene rings is 2. The molecule has 0 aromatic heterocycles. The van der Waals surface area contributed by atoms with Gasteiger partial charge >= 0.3 is 0 Å². The molecule has 0 amide bonds. The number of ketones is 1. The smallest absolute Gasteiger partial charge is 0.193 e. The first-order chi connectivity index (χ1) is 7.70. The Balaban J connectivity index is 0.00000144. The minimum atomic E-state index is 0. The molecule has 0 aliphatic rings. The zero-order valence-corrected chi connectivity index (χ0v) is 10.3. The van der Waals surface area contributed by atoms with Crippen LogP contribution in [0, 0.1) is 6.92 Å². The van der Waals surface area contributed by atoms with Crippen LogP contribution in [0.2, 0.25) is 0 Å². The standard InChI is InChI=1S/C14H13NO.ClH/c1-10-12(8-5-9-13(10)15)14(16)11-6-3-2-4-7-11;/h2-9H,15H2,1H3;1H. The van der Waals surface area contributed by atoms with Crippen molar-refractivity contribution in [2.45, 2.75) is 6.92 Å². The van der Waals surface area contributed by atoms with Crippen molar-refractivity contribution in [1.29, 1.82) is 0 Å². The second kappa shape index (κ2) is 5.51. The van der Waals surface area contributed by atoms with Crippen molar-refractivity contribution in [2.75, 3.05) is 5.73 Å². The van der Waals surface area contributed by atoms with Gasteiger partial charge in [0, 0.05) is 16.8 Å². The molecule has 0 bridgehead atoms. The topological polar surface area (TPSA) is 43.1 Å². The van der Waals surface area contributed by atoms with E-state index < -0.39 is 0 Å². The molecule has 0 saturated carbocycles. The van der Waals surface area contributed by atoms with E-state index in [1.165, 1.54) is 0 Å². The molecule has 0 aliphatic heterocycles. The van der Waals surface area contributed by atoms with Crippen molar-refractivity contribution < 1.29 is 4.79 Å². The second-order valence-electron chi connectivity index (χ2n) is 3.71. The van der Waals surface area contributed by atoms with Crippen LogP contribution >= 0.6 is 12.4 Å². The summed E-state index contributed by atoms with van der Waals surface area (Å²) < 4.78 is 0. The van der Waals surface area contributed by atoms with Crippen molar-refractivity contribution in [3.8, 4) is 0 Å². The van der Waals surface area contributed by atoms with Gasteiger partial charge in [0.1, 0.15) is 0 Å². The summed E-state index contributed by atoms with van der Waals surface area (Å²) in [6, 6.07) is 14.6. The summed E-state index contributed by atoms with van der Waals surface area (Å²) in [6.45, 7) is 1.87. The number of carbonyl (C=O) groups excluding carboxylic acids is 1. The van der Waals surface area contributed by atoms with Gasteiger partial charge in [-0.15, -0.1) is 12.4 Å². The predicted octanol–water partition coefficient (Wildman–Crippen LogP) is 3.23. The summed E-state index contributed by atoms with van der Waals surface area (Å²) in [5, 5.41) is 0. The monoisotopic (exact) mass is 247 g/mol. The fourth-order valence-corrected chi connectivity index (χ4v) is 1.64. The summed E-state index contributed by atoms with van der Waals surface area (Å²) >= 11 is 0. The molecule has 2 N–H and O–H groups in total. The minimum absolute atomic E-state index is 0. The van der Waals surface area contributed by atoms with Gasteiger partial charge in [-0.2, -0.15) is 0 Å². The van der Waals surface area contributed by atoms with Crippen molar-refractivity contribution in [3.63, 3.8) is 0 Å². The number of nitrogens with two attached hydrogens (primary N) is 1. The number of rotatable bonds is 2. The van der Waals surface area contributed by atoms with Crippen molar-refractivity contribution in [2.24, 2.45) is 0 Å². The van der Waals surface area contributed by atoms with E-state index in [-0.39, 0.29) is 18.2 Å². The second-order valence-corrected chi connectivity index (χ2v) is 3.71. The molecule has 2 aromatic rings. The molecule has 0 radical (unpaired) electrons. The van der Waals surface area contributed by atoms with E-state index in [1.807, 2.05) is 37.3 Å². The lowest BCUT2D eigenvalue weighted by Gasteiger charge is -2.07. The number of halogens is 1. The van der Waals surface area contributed by atoms with E-state index >= 15 is 0 Å². The third-order valence-electron chi connectivity index (χ3n) is 2.66. The zero-order chi connectivity index (χ0) is 11.5. The molecular formula is C14H14ClNO. The van der Waals surface area contributed by atoms with Gasteiger partial charge < -0.3 is 5.73 Å². The molecule has 3 heteroatoms. The van der Waals surface area contributed by atoms with Crippen molar-refractivity contribution in [1.82, 2.24) is 0 Å². The van der Waals surface area contributed by atoms with E-state index in [2.05, 4.69) is 0 Å². The normalized spacial score (nSPS) is 9.47. The Hall–Kier alpha value is -1.80. The van der Waals surface area contributed by atoms with Gasteiger partial charge in [0.2, 0.25) is 0 Å². The Labute approximate surface area is 107 Å². The third-order valence-corrected chi connectivity index (χ3v) is 2.66. The Morgan fingerprint density at radius 3 is 2.29 bits per heavy atom. The molecule has 2 aromatic carbocycles. The van der Waals surface area contributed by atoms with Crippen LogP contribution < -0.4 is 5.73 Å². The van der Waals surface area contributed by atoms with Gasteiger partial charge in [-0.1, -0.05) is 42.5 Å². The number of nitrogen functional groups attached to an aromatic ring is 1. The van der Waals surface area contributed by atoms with E-state index in [9.17, 15) is 4.79 Å². The average molecular weight is 248 g/mol. The van der Waals surface area contributed by atoms with Crippen molar-refractivity contribution in [3.05, 3.63) is 65.2 Å². The quantitative estimate of drug-likeness (QED) is 0.654. The summed E-state index contributed by atoms with van der Waals surface area (Å²) in [4.78, 5) is 12.2. The van der Waals surface area contributed by atoms with Crippen LogP contribution in [-0.4, -0.2) is 5.78 Å². The zero-order valence-electron chi connectivity index (χ0n) is 9.51. The van der Waals surface area contributed by atoms with Crippen LogP contribution in [0.3, 0.4) is 0 Å². The Bertz CT molecular complexity index is 523. The fourth-order valence-electron chi connectivity index (χ4n) is 1.64. The third kappa shape index (κ3) is 2.66. The molecule has 2 nitrogen and oxygen atoms in total. The average Bonchev–Trinajstić information content (AvgIpc) is 2.33. The highest BCUT2D eigenvalue weighted by atomic mass is 35.5. The van der Waals surface area contributed by atoms with Crippen LogP contribution in [-0.2, 0) is 0 Å². The number of hydrogen-bond donors (Lipinski definition) is 1. The lowest BCUT2D eigenvalue weighted by molar-refractivity contribution is 0.103. The summed E-state index contributed by atoms with van der Waals surface area (Å²) in [6.07, 6.45) is 0. The van der Waals surface area contributed by atoms with Gasteiger partial charge in [-0.3, -0.25) is 4.79 Å². The summed E-state index contributed by atoms with van der Waals surface area (Å²) in [5.74, 6) is 0.0189. The van der Waals surface area contributed by atoms with Crippen LogP contribution in [0.5, 0.6) is 0 Å². The van der Waals surface area contributed by atoms with Gasteiger partial charge in [0.05, 0.1) is 0 Å². The SMILES string of the molecule is Cc1c(N)cccc1C(=O)c1ccccc1.Cl. The molecule has 2 rings (SSSR count). The first-order valence-corrected chi connectivity index (χ1v) is 5.15. The molecule has 0 aliphatic carbocycles. The van der Waals surface area contributed by atoms with Crippen LogP contribution in [0.4, 0.5) is 5.69 Å². The lowest BCUT2D eigenvalue weighted by atomic mass is 9.98. The molecule has 0 heterocycles. The Morgan fingerprint density at radius 1 is 1.00 bits per heavy atom.